The van der Waals surface area contributed by atoms with E-state index >= 15 is 0 Å². The second-order valence-electron chi connectivity index (χ2n) is 5.58. The number of hydrogen-bond donors (Lipinski definition) is 2. The first kappa shape index (κ1) is 14.6. The third kappa shape index (κ3) is 2.70. The molecule has 1 aliphatic heterocycles. The second-order valence-corrected chi connectivity index (χ2v) is 5.58. The van der Waals surface area contributed by atoms with Gasteiger partial charge in [0, 0.05) is 18.3 Å². The maximum absolute atomic E-state index is 12.7. The Labute approximate surface area is 129 Å². The molecular formula is C15H21N5O2. The van der Waals surface area contributed by atoms with Gasteiger partial charge in [-0.2, -0.15) is 5.10 Å². The van der Waals surface area contributed by atoms with Gasteiger partial charge >= 0.3 is 6.03 Å². The van der Waals surface area contributed by atoms with E-state index in [0.717, 1.165) is 43.5 Å². The van der Waals surface area contributed by atoms with Gasteiger partial charge in [-0.15, -0.1) is 0 Å². The largest absolute Gasteiger partial charge is 0.359 e. The van der Waals surface area contributed by atoms with E-state index in [9.17, 15) is 4.79 Å². The van der Waals surface area contributed by atoms with Crippen LogP contribution in [-0.2, 0) is 6.42 Å². The number of urea groups is 1. The first-order chi connectivity index (χ1) is 10.7. The van der Waals surface area contributed by atoms with E-state index in [-0.39, 0.29) is 12.1 Å². The molecule has 7 nitrogen and oxygen atoms in total. The first-order valence-electron chi connectivity index (χ1n) is 7.72. The van der Waals surface area contributed by atoms with Gasteiger partial charge in [0.15, 0.2) is 5.76 Å². The lowest BCUT2D eigenvalue weighted by atomic mass is 9.98. The lowest BCUT2D eigenvalue weighted by molar-refractivity contribution is 0.163. The molecule has 2 amide bonds. The smallest absolute Gasteiger partial charge is 0.322 e. The van der Waals surface area contributed by atoms with Crippen molar-refractivity contribution in [3.63, 3.8) is 0 Å². The highest BCUT2D eigenvalue weighted by Gasteiger charge is 2.29. The molecule has 0 saturated carbocycles. The molecule has 3 heterocycles. The summed E-state index contributed by atoms with van der Waals surface area (Å²) in [6.45, 7) is 4.54. The molecule has 1 aliphatic rings. The Kier molecular flexibility index (Phi) is 4.13. The van der Waals surface area contributed by atoms with Crippen LogP contribution in [0.1, 0.15) is 49.2 Å². The molecule has 1 saturated heterocycles. The highest BCUT2D eigenvalue weighted by molar-refractivity contribution is 5.90. The van der Waals surface area contributed by atoms with Crippen LogP contribution in [0.3, 0.4) is 0 Å². The number of aromatic nitrogens is 3. The maximum Gasteiger partial charge on any atom is 0.322 e. The van der Waals surface area contributed by atoms with Crippen LogP contribution in [0.4, 0.5) is 10.5 Å². The van der Waals surface area contributed by atoms with Crippen molar-refractivity contribution in [1.82, 2.24) is 20.3 Å². The van der Waals surface area contributed by atoms with E-state index in [0.29, 0.717) is 11.4 Å². The van der Waals surface area contributed by atoms with Gasteiger partial charge in [-0.05, 0) is 32.6 Å². The van der Waals surface area contributed by atoms with Crippen molar-refractivity contribution >= 4 is 11.7 Å². The van der Waals surface area contributed by atoms with Crippen molar-refractivity contribution in [2.75, 3.05) is 11.9 Å². The van der Waals surface area contributed by atoms with Gasteiger partial charge < -0.3 is 14.7 Å². The number of H-pyrrole nitrogens is 1. The molecule has 22 heavy (non-hydrogen) atoms. The SMILES string of the molecule is CCc1noc(C)c1NC(=O)N1CCCCC1c1cn[nH]c1. The number of carbonyl (C=O) groups is 1. The normalized spacial score (nSPS) is 18.5. The molecular weight excluding hydrogens is 282 g/mol. The van der Waals surface area contributed by atoms with E-state index in [1.54, 1.807) is 6.20 Å². The summed E-state index contributed by atoms with van der Waals surface area (Å²) in [6.07, 6.45) is 7.46. The fourth-order valence-electron chi connectivity index (χ4n) is 2.96. The fourth-order valence-corrected chi connectivity index (χ4v) is 2.96. The number of rotatable bonds is 3. The highest BCUT2D eigenvalue weighted by Crippen LogP contribution is 2.31. The molecule has 1 atom stereocenters. The molecule has 0 radical (unpaired) electrons. The Morgan fingerprint density at radius 2 is 2.41 bits per heavy atom. The number of aromatic amines is 1. The van der Waals surface area contributed by atoms with Crippen molar-refractivity contribution in [2.45, 2.75) is 45.6 Å². The van der Waals surface area contributed by atoms with Crippen molar-refractivity contribution in [3.05, 3.63) is 29.4 Å². The standard InChI is InChI=1S/C15H21N5O2/c1-3-12-14(10(2)22-19-12)18-15(21)20-7-5-4-6-13(20)11-8-16-17-9-11/h8-9,13H,3-7H2,1-2H3,(H,16,17)(H,18,21). The summed E-state index contributed by atoms with van der Waals surface area (Å²) in [6, 6.07) is -0.0374. The number of anilines is 1. The Morgan fingerprint density at radius 3 is 3.14 bits per heavy atom. The second kappa shape index (κ2) is 6.21. The van der Waals surface area contributed by atoms with Crippen LogP contribution in [-0.4, -0.2) is 32.8 Å². The average molecular weight is 303 g/mol. The zero-order chi connectivity index (χ0) is 15.5. The summed E-state index contributed by atoms with van der Waals surface area (Å²) in [5, 5.41) is 13.8. The van der Waals surface area contributed by atoms with Crippen LogP contribution in [0.2, 0.25) is 0 Å². The Hall–Kier alpha value is -2.31. The minimum absolute atomic E-state index is 0.0674. The summed E-state index contributed by atoms with van der Waals surface area (Å²) < 4.78 is 5.18. The molecule has 3 rings (SSSR count). The van der Waals surface area contributed by atoms with Crippen molar-refractivity contribution in [3.8, 4) is 0 Å². The number of nitrogens with one attached hydrogen (secondary N) is 2. The zero-order valence-electron chi connectivity index (χ0n) is 12.9. The first-order valence-corrected chi connectivity index (χ1v) is 7.72. The quantitative estimate of drug-likeness (QED) is 0.912. The van der Waals surface area contributed by atoms with Gasteiger partial charge in [0.2, 0.25) is 0 Å². The molecule has 1 unspecified atom stereocenters. The Morgan fingerprint density at radius 1 is 1.55 bits per heavy atom. The molecule has 2 N–H and O–H groups in total. The summed E-state index contributed by atoms with van der Waals surface area (Å²) in [5.41, 5.74) is 2.53. The molecule has 7 heteroatoms. The molecule has 0 aromatic carbocycles. The highest BCUT2D eigenvalue weighted by atomic mass is 16.5. The minimum Gasteiger partial charge on any atom is -0.359 e. The molecule has 2 aromatic rings. The number of nitrogens with zero attached hydrogens (tertiary/aromatic N) is 3. The summed E-state index contributed by atoms with van der Waals surface area (Å²) in [5.74, 6) is 0.641. The van der Waals surface area contributed by atoms with Crippen LogP contribution in [0.5, 0.6) is 0 Å². The Bertz CT molecular complexity index is 634. The lowest BCUT2D eigenvalue weighted by Gasteiger charge is -2.35. The third-order valence-electron chi connectivity index (χ3n) is 4.17. The lowest BCUT2D eigenvalue weighted by Crippen LogP contribution is -2.41. The van der Waals surface area contributed by atoms with Crippen LogP contribution >= 0.6 is 0 Å². The van der Waals surface area contributed by atoms with Gasteiger partial charge in [0.25, 0.3) is 0 Å². The number of amides is 2. The van der Waals surface area contributed by atoms with Gasteiger partial charge in [0.1, 0.15) is 11.4 Å². The van der Waals surface area contributed by atoms with Crippen LogP contribution < -0.4 is 5.32 Å². The molecule has 1 fully saturated rings. The van der Waals surface area contributed by atoms with Gasteiger partial charge in [-0.1, -0.05) is 12.1 Å². The van der Waals surface area contributed by atoms with Gasteiger partial charge in [-0.3, -0.25) is 5.10 Å². The molecule has 2 aromatic heterocycles. The van der Waals surface area contributed by atoms with Crippen LogP contribution in [0, 0.1) is 6.92 Å². The van der Waals surface area contributed by atoms with Crippen LogP contribution in [0.15, 0.2) is 16.9 Å². The summed E-state index contributed by atoms with van der Waals surface area (Å²) >= 11 is 0. The summed E-state index contributed by atoms with van der Waals surface area (Å²) in [4.78, 5) is 14.6. The molecule has 118 valence electrons. The zero-order valence-corrected chi connectivity index (χ0v) is 12.9. The van der Waals surface area contributed by atoms with Gasteiger partial charge in [0.05, 0.1) is 12.2 Å². The molecule has 0 bridgehead atoms. The third-order valence-corrected chi connectivity index (χ3v) is 4.17. The van der Waals surface area contributed by atoms with Crippen molar-refractivity contribution in [1.29, 1.82) is 0 Å². The maximum atomic E-state index is 12.7. The minimum atomic E-state index is -0.105. The molecule has 0 aliphatic carbocycles. The fraction of sp³-hybridized carbons (Fsp3) is 0.533. The molecule has 0 spiro atoms. The predicted molar refractivity (Wildman–Crippen MR) is 81.5 cm³/mol. The van der Waals surface area contributed by atoms with Crippen molar-refractivity contribution in [2.24, 2.45) is 0 Å². The summed E-state index contributed by atoms with van der Waals surface area (Å²) in [7, 11) is 0. The van der Waals surface area contributed by atoms with E-state index in [1.165, 1.54) is 0 Å². The van der Waals surface area contributed by atoms with E-state index in [2.05, 4.69) is 20.7 Å². The topological polar surface area (TPSA) is 87.1 Å². The van der Waals surface area contributed by atoms with Gasteiger partial charge in [-0.25, -0.2) is 4.79 Å². The van der Waals surface area contributed by atoms with E-state index in [1.807, 2.05) is 24.9 Å². The number of aryl methyl sites for hydroxylation is 2. The van der Waals surface area contributed by atoms with E-state index < -0.39 is 0 Å². The predicted octanol–water partition coefficient (Wildman–Crippen LogP) is 3.03. The Balaban J connectivity index is 1.79. The van der Waals surface area contributed by atoms with Crippen molar-refractivity contribution < 1.29 is 9.32 Å². The monoisotopic (exact) mass is 303 g/mol. The number of carbonyl (C=O) groups excluding carboxylic acids is 1. The van der Waals surface area contributed by atoms with E-state index in [4.69, 9.17) is 4.52 Å². The number of likely N-dealkylation sites (tertiary alicyclic amines) is 1. The average Bonchev–Trinajstić information content (AvgIpc) is 3.18. The van der Waals surface area contributed by atoms with Crippen LogP contribution in [0.25, 0.3) is 0 Å². The number of piperidine rings is 1. The number of hydrogen-bond acceptors (Lipinski definition) is 4.